The van der Waals surface area contributed by atoms with Crippen molar-refractivity contribution in [2.24, 2.45) is 0 Å². The number of carbonyl (C=O) groups excluding carboxylic acids is 2. The van der Waals surface area contributed by atoms with E-state index in [1.807, 2.05) is 0 Å². The number of ether oxygens (including phenoxy) is 2. The van der Waals surface area contributed by atoms with Crippen LogP contribution in [0.4, 0.5) is 5.69 Å². The summed E-state index contributed by atoms with van der Waals surface area (Å²) in [4.78, 5) is 26.6. The van der Waals surface area contributed by atoms with Crippen LogP contribution in [0.2, 0.25) is 5.02 Å². The molecular formula is C19H15ClN2O5S. The molecule has 0 aromatic heterocycles. The SMILES string of the molecule is COc1cc(/C=C2/C(=O)NC(=S)N(c3ccc(Cl)cc3)C2=O)cc(OC)c1O. The lowest BCUT2D eigenvalue weighted by molar-refractivity contribution is -0.122. The highest BCUT2D eigenvalue weighted by atomic mass is 35.5. The molecule has 0 aliphatic carbocycles. The second-order valence-electron chi connectivity index (χ2n) is 5.71. The first-order valence-electron chi connectivity index (χ1n) is 7.97. The Bertz CT molecular complexity index is 979. The number of nitrogens with one attached hydrogen (secondary N) is 1. The summed E-state index contributed by atoms with van der Waals surface area (Å²) >= 11 is 11.0. The summed E-state index contributed by atoms with van der Waals surface area (Å²) in [5, 5.41) is 13.0. The number of carbonyl (C=O) groups is 2. The van der Waals surface area contributed by atoms with E-state index in [4.69, 9.17) is 33.3 Å². The topological polar surface area (TPSA) is 88.1 Å². The van der Waals surface area contributed by atoms with Crippen LogP contribution >= 0.6 is 23.8 Å². The molecule has 0 saturated carbocycles. The van der Waals surface area contributed by atoms with Crippen LogP contribution in [-0.4, -0.2) is 36.3 Å². The van der Waals surface area contributed by atoms with Gasteiger partial charge in [0.25, 0.3) is 11.8 Å². The normalized spacial score (nSPS) is 15.6. The quantitative estimate of drug-likeness (QED) is 0.451. The predicted molar refractivity (Wildman–Crippen MR) is 109 cm³/mol. The van der Waals surface area contributed by atoms with Crippen molar-refractivity contribution in [1.29, 1.82) is 0 Å². The van der Waals surface area contributed by atoms with E-state index in [9.17, 15) is 14.7 Å². The number of benzene rings is 2. The van der Waals surface area contributed by atoms with Crippen molar-refractivity contribution in [3.05, 3.63) is 52.6 Å². The number of thiocarbonyl (C=S) groups is 1. The Morgan fingerprint density at radius 3 is 2.21 bits per heavy atom. The van der Waals surface area contributed by atoms with Gasteiger partial charge in [-0.25, -0.2) is 0 Å². The molecule has 0 bridgehead atoms. The number of phenolic OH excluding ortho intramolecular Hbond substituents is 1. The molecule has 3 rings (SSSR count). The molecule has 7 nitrogen and oxygen atoms in total. The van der Waals surface area contributed by atoms with E-state index >= 15 is 0 Å². The Morgan fingerprint density at radius 1 is 1.11 bits per heavy atom. The first-order chi connectivity index (χ1) is 13.3. The fourth-order valence-electron chi connectivity index (χ4n) is 2.65. The minimum absolute atomic E-state index is 0.0321. The zero-order chi connectivity index (χ0) is 20.4. The average molecular weight is 419 g/mol. The molecule has 2 amide bonds. The van der Waals surface area contributed by atoms with Crippen LogP contribution in [0.25, 0.3) is 6.08 Å². The molecule has 1 aliphatic heterocycles. The van der Waals surface area contributed by atoms with Gasteiger partial charge in [-0.2, -0.15) is 0 Å². The standard InChI is InChI=1S/C19H15ClN2O5S/c1-26-14-8-10(9-15(27-2)16(14)23)7-13-17(24)21-19(28)22(18(13)25)12-5-3-11(20)4-6-12/h3-9,23H,1-2H3,(H,21,24,28)/b13-7-. The zero-order valence-electron chi connectivity index (χ0n) is 14.9. The van der Waals surface area contributed by atoms with Gasteiger partial charge in [0.2, 0.25) is 5.75 Å². The molecular weight excluding hydrogens is 404 g/mol. The van der Waals surface area contributed by atoms with Crippen LogP contribution < -0.4 is 19.7 Å². The van der Waals surface area contributed by atoms with Gasteiger partial charge in [0.05, 0.1) is 19.9 Å². The molecule has 1 saturated heterocycles. The molecule has 1 heterocycles. The van der Waals surface area contributed by atoms with Gasteiger partial charge in [0.15, 0.2) is 16.6 Å². The van der Waals surface area contributed by atoms with Crippen molar-refractivity contribution in [3.8, 4) is 17.2 Å². The Hall–Kier alpha value is -3.10. The summed E-state index contributed by atoms with van der Waals surface area (Å²) in [7, 11) is 2.76. The van der Waals surface area contributed by atoms with Gasteiger partial charge in [-0.3, -0.25) is 19.8 Å². The number of amides is 2. The van der Waals surface area contributed by atoms with Crippen LogP contribution in [0, 0.1) is 0 Å². The van der Waals surface area contributed by atoms with E-state index in [-0.39, 0.29) is 27.9 Å². The Labute approximate surface area is 171 Å². The van der Waals surface area contributed by atoms with Gasteiger partial charge in [-0.05, 0) is 60.3 Å². The number of methoxy groups -OCH3 is 2. The Kier molecular flexibility index (Phi) is 5.53. The van der Waals surface area contributed by atoms with Gasteiger partial charge in [0, 0.05) is 5.02 Å². The van der Waals surface area contributed by atoms with Crippen molar-refractivity contribution in [2.45, 2.75) is 0 Å². The van der Waals surface area contributed by atoms with Crippen molar-refractivity contribution in [3.63, 3.8) is 0 Å². The Balaban J connectivity index is 2.05. The van der Waals surface area contributed by atoms with Crippen LogP contribution in [0.15, 0.2) is 42.0 Å². The number of anilines is 1. The summed E-state index contributed by atoms with van der Waals surface area (Å²) < 4.78 is 10.2. The third kappa shape index (κ3) is 3.64. The van der Waals surface area contributed by atoms with Gasteiger partial charge in [-0.1, -0.05) is 11.6 Å². The highest BCUT2D eigenvalue weighted by Crippen LogP contribution is 2.38. The fourth-order valence-corrected chi connectivity index (χ4v) is 3.05. The summed E-state index contributed by atoms with van der Waals surface area (Å²) in [6.07, 6.45) is 1.37. The maximum absolute atomic E-state index is 13.0. The van der Waals surface area contributed by atoms with E-state index in [2.05, 4.69) is 5.32 Å². The molecule has 0 unspecified atom stereocenters. The first-order valence-corrected chi connectivity index (χ1v) is 8.76. The van der Waals surface area contributed by atoms with Gasteiger partial charge < -0.3 is 14.6 Å². The number of hydrogen-bond acceptors (Lipinski definition) is 6. The number of nitrogens with zero attached hydrogens (tertiary/aromatic N) is 1. The molecule has 28 heavy (non-hydrogen) atoms. The second kappa shape index (κ2) is 7.87. The minimum atomic E-state index is -0.633. The number of rotatable bonds is 4. The predicted octanol–water partition coefficient (Wildman–Crippen LogP) is 2.89. The molecule has 0 spiro atoms. The zero-order valence-corrected chi connectivity index (χ0v) is 16.4. The number of hydrogen-bond donors (Lipinski definition) is 2. The molecule has 2 aromatic rings. The monoisotopic (exact) mass is 418 g/mol. The average Bonchev–Trinajstić information content (AvgIpc) is 2.67. The lowest BCUT2D eigenvalue weighted by Gasteiger charge is -2.29. The summed E-state index contributed by atoms with van der Waals surface area (Å²) in [6.45, 7) is 0. The lowest BCUT2D eigenvalue weighted by atomic mass is 10.1. The first kappa shape index (κ1) is 19.7. The van der Waals surface area contributed by atoms with Gasteiger partial charge >= 0.3 is 0 Å². The third-order valence-electron chi connectivity index (χ3n) is 4.00. The molecule has 1 aliphatic rings. The maximum Gasteiger partial charge on any atom is 0.270 e. The van der Waals surface area contributed by atoms with E-state index in [0.29, 0.717) is 16.3 Å². The van der Waals surface area contributed by atoms with Crippen LogP contribution in [-0.2, 0) is 9.59 Å². The molecule has 2 N–H and O–H groups in total. The van der Waals surface area contributed by atoms with E-state index < -0.39 is 11.8 Å². The lowest BCUT2D eigenvalue weighted by Crippen LogP contribution is -2.54. The highest BCUT2D eigenvalue weighted by Gasteiger charge is 2.34. The van der Waals surface area contributed by atoms with Crippen LogP contribution in [0.5, 0.6) is 17.2 Å². The molecule has 0 radical (unpaired) electrons. The molecule has 9 heteroatoms. The minimum Gasteiger partial charge on any atom is -0.502 e. The summed E-state index contributed by atoms with van der Waals surface area (Å²) in [6, 6.07) is 9.42. The van der Waals surface area contributed by atoms with Crippen molar-refractivity contribution < 1.29 is 24.2 Å². The van der Waals surface area contributed by atoms with E-state index in [1.54, 1.807) is 24.3 Å². The largest absolute Gasteiger partial charge is 0.502 e. The van der Waals surface area contributed by atoms with Crippen LogP contribution in [0.3, 0.4) is 0 Å². The molecule has 2 aromatic carbocycles. The van der Waals surface area contributed by atoms with Crippen molar-refractivity contribution in [2.75, 3.05) is 19.1 Å². The fraction of sp³-hybridized carbons (Fsp3) is 0.105. The second-order valence-corrected chi connectivity index (χ2v) is 6.53. The number of halogens is 1. The van der Waals surface area contributed by atoms with Crippen molar-refractivity contribution in [1.82, 2.24) is 5.32 Å². The van der Waals surface area contributed by atoms with Crippen molar-refractivity contribution >= 4 is 52.5 Å². The Morgan fingerprint density at radius 2 is 1.68 bits per heavy atom. The molecule has 1 fully saturated rings. The van der Waals surface area contributed by atoms with Gasteiger partial charge in [-0.15, -0.1) is 0 Å². The van der Waals surface area contributed by atoms with Crippen LogP contribution in [0.1, 0.15) is 5.56 Å². The summed E-state index contributed by atoms with van der Waals surface area (Å²) in [5.74, 6) is -1.14. The van der Waals surface area contributed by atoms with Gasteiger partial charge in [0.1, 0.15) is 5.57 Å². The van der Waals surface area contributed by atoms with E-state index in [1.165, 1.54) is 37.3 Å². The summed E-state index contributed by atoms with van der Waals surface area (Å²) in [5.41, 5.74) is 0.749. The third-order valence-corrected chi connectivity index (χ3v) is 4.54. The van der Waals surface area contributed by atoms with E-state index in [0.717, 1.165) is 0 Å². The number of phenols is 1. The highest BCUT2D eigenvalue weighted by molar-refractivity contribution is 7.80. The smallest absolute Gasteiger partial charge is 0.270 e. The molecule has 144 valence electrons. The molecule has 0 atom stereocenters. The number of aromatic hydroxyl groups is 1. The maximum atomic E-state index is 13.0.